The summed E-state index contributed by atoms with van der Waals surface area (Å²) in [6, 6.07) is 8.62. The lowest BCUT2D eigenvalue weighted by atomic mass is 10.2. The number of methoxy groups -OCH3 is 1. The second-order valence-electron chi connectivity index (χ2n) is 5.53. The summed E-state index contributed by atoms with van der Waals surface area (Å²) in [7, 11) is 3.33. The Bertz CT molecular complexity index is 681. The van der Waals surface area contributed by atoms with Gasteiger partial charge in [0, 0.05) is 6.54 Å². The Morgan fingerprint density at radius 2 is 2.12 bits per heavy atom. The molecule has 0 aliphatic heterocycles. The molecule has 1 atom stereocenters. The zero-order valence-corrected chi connectivity index (χ0v) is 14.9. The number of likely N-dealkylation sites (N-methyl/N-ethyl adjacent to an activating group) is 1. The second kappa shape index (κ2) is 9.33. The maximum atomic E-state index is 12.3. The number of hydrogen-bond donors (Lipinski definition) is 2. The van der Waals surface area contributed by atoms with Crippen LogP contribution in [0.25, 0.3) is 0 Å². The van der Waals surface area contributed by atoms with Gasteiger partial charge in [-0.3, -0.25) is 4.79 Å². The summed E-state index contributed by atoms with van der Waals surface area (Å²) >= 11 is 1.67. The minimum absolute atomic E-state index is 0.0345. The quantitative estimate of drug-likeness (QED) is 0.705. The highest BCUT2D eigenvalue weighted by atomic mass is 32.1. The van der Waals surface area contributed by atoms with Crippen molar-refractivity contribution in [3.05, 3.63) is 46.2 Å². The molecule has 25 heavy (non-hydrogen) atoms. The smallest absolute Gasteiger partial charge is 0.387 e. The lowest BCUT2D eigenvalue weighted by Gasteiger charge is -2.14. The molecule has 0 saturated carbocycles. The Morgan fingerprint density at radius 3 is 2.76 bits per heavy atom. The van der Waals surface area contributed by atoms with Gasteiger partial charge >= 0.3 is 6.61 Å². The van der Waals surface area contributed by atoms with Gasteiger partial charge in [-0.2, -0.15) is 8.78 Å². The van der Waals surface area contributed by atoms with Crippen LogP contribution in [0.5, 0.6) is 11.5 Å². The van der Waals surface area contributed by atoms with Gasteiger partial charge in [-0.05, 0) is 29.1 Å². The minimum atomic E-state index is -2.92. The van der Waals surface area contributed by atoms with E-state index in [1.165, 1.54) is 18.1 Å². The topological polar surface area (TPSA) is 52.0 Å². The van der Waals surface area contributed by atoms with E-state index in [0.717, 1.165) is 17.0 Å². The van der Waals surface area contributed by atoms with Crippen LogP contribution < -0.4 is 19.7 Å². The van der Waals surface area contributed by atoms with Crippen molar-refractivity contribution in [1.82, 2.24) is 5.32 Å². The predicted molar refractivity (Wildman–Crippen MR) is 91.2 cm³/mol. The maximum Gasteiger partial charge on any atom is 0.387 e. The van der Waals surface area contributed by atoms with Crippen molar-refractivity contribution in [2.75, 3.05) is 20.7 Å². The van der Waals surface area contributed by atoms with Crippen LogP contribution >= 0.6 is 11.3 Å². The van der Waals surface area contributed by atoms with Gasteiger partial charge in [0.05, 0.1) is 19.0 Å². The van der Waals surface area contributed by atoms with E-state index in [0.29, 0.717) is 6.54 Å². The van der Waals surface area contributed by atoms with E-state index in [1.54, 1.807) is 23.5 Å². The van der Waals surface area contributed by atoms with Crippen LogP contribution in [-0.2, 0) is 17.9 Å². The Balaban J connectivity index is 1.84. The summed E-state index contributed by atoms with van der Waals surface area (Å²) in [6.07, 6.45) is 0. The zero-order valence-electron chi connectivity index (χ0n) is 14.1. The number of benzene rings is 1. The molecule has 1 aromatic heterocycles. The molecule has 2 aromatic rings. The van der Waals surface area contributed by atoms with Crippen LogP contribution in [0.3, 0.4) is 0 Å². The van der Waals surface area contributed by atoms with E-state index in [9.17, 15) is 13.6 Å². The highest BCUT2D eigenvalue weighted by molar-refractivity contribution is 7.09. The molecule has 0 spiro atoms. The number of amides is 1. The predicted octanol–water partition coefficient (Wildman–Crippen LogP) is 1.69. The molecule has 0 bridgehead atoms. The van der Waals surface area contributed by atoms with Crippen molar-refractivity contribution in [2.45, 2.75) is 19.7 Å². The highest BCUT2D eigenvalue weighted by Crippen LogP contribution is 2.29. The molecule has 0 fully saturated rings. The number of hydrogen-bond acceptors (Lipinski definition) is 4. The lowest BCUT2D eigenvalue weighted by Crippen LogP contribution is -3.08. The lowest BCUT2D eigenvalue weighted by molar-refractivity contribution is -0.885. The monoisotopic (exact) mass is 371 g/mol. The number of quaternary nitrogens is 1. The number of ether oxygens (including phenoxy) is 2. The average molecular weight is 371 g/mol. The van der Waals surface area contributed by atoms with Gasteiger partial charge < -0.3 is 19.7 Å². The van der Waals surface area contributed by atoms with E-state index >= 15 is 0 Å². The molecule has 0 aliphatic carbocycles. The van der Waals surface area contributed by atoms with Crippen LogP contribution in [0.2, 0.25) is 0 Å². The summed E-state index contributed by atoms with van der Waals surface area (Å²) in [5.41, 5.74) is 0.739. The van der Waals surface area contributed by atoms with Crippen molar-refractivity contribution in [1.29, 1.82) is 0 Å². The Hall–Kier alpha value is -2.19. The number of halogens is 2. The third kappa shape index (κ3) is 6.32. The first-order valence-electron chi connectivity index (χ1n) is 7.70. The summed E-state index contributed by atoms with van der Waals surface area (Å²) in [5, 5.41) is 4.83. The fourth-order valence-corrected chi connectivity index (χ4v) is 3.14. The molecule has 2 N–H and O–H groups in total. The Kier molecular flexibility index (Phi) is 7.15. The number of alkyl halides is 2. The Morgan fingerprint density at radius 1 is 1.32 bits per heavy atom. The summed E-state index contributed by atoms with van der Waals surface area (Å²) in [6.45, 7) is -1.49. The molecule has 0 saturated heterocycles. The molecular formula is C17H21F2N2O3S+. The van der Waals surface area contributed by atoms with Gasteiger partial charge in [-0.15, -0.1) is 11.3 Å². The van der Waals surface area contributed by atoms with Gasteiger partial charge in [0.25, 0.3) is 5.91 Å². The standard InChI is InChI=1S/C17H20F2N2O3S/c1-21(10-13-4-3-7-25-13)11-16(22)20-9-12-5-6-14(24-17(18)19)15(8-12)23-2/h3-8,17H,9-11H2,1-2H3,(H,20,22)/p+1. The fourth-order valence-electron chi connectivity index (χ4n) is 2.33. The van der Waals surface area contributed by atoms with E-state index in [2.05, 4.69) is 10.1 Å². The third-order valence-electron chi connectivity index (χ3n) is 3.45. The third-order valence-corrected chi connectivity index (χ3v) is 4.33. The normalized spacial score (nSPS) is 12.0. The molecule has 1 heterocycles. The van der Waals surface area contributed by atoms with Gasteiger partial charge in [0.15, 0.2) is 18.0 Å². The van der Waals surface area contributed by atoms with Gasteiger partial charge in [0.1, 0.15) is 6.54 Å². The number of thiophene rings is 1. The fraction of sp³-hybridized carbons (Fsp3) is 0.353. The van der Waals surface area contributed by atoms with Crippen molar-refractivity contribution in [3.63, 3.8) is 0 Å². The van der Waals surface area contributed by atoms with Crippen LogP contribution in [0.1, 0.15) is 10.4 Å². The van der Waals surface area contributed by atoms with E-state index in [4.69, 9.17) is 4.74 Å². The summed E-state index contributed by atoms with van der Waals surface area (Å²) in [5.74, 6) is 0.0844. The van der Waals surface area contributed by atoms with E-state index in [1.807, 2.05) is 24.6 Å². The first-order chi connectivity index (χ1) is 12.0. The summed E-state index contributed by atoms with van der Waals surface area (Å²) < 4.78 is 34.0. The zero-order chi connectivity index (χ0) is 18.2. The number of rotatable bonds is 9. The van der Waals surface area contributed by atoms with E-state index in [-0.39, 0.29) is 24.0 Å². The van der Waals surface area contributed by atoms with Crippen molar-refractivity contribution >= 4 is 17.2 Å². The Labute approximate surface area is 149 Å². The van der Waals surface area contributed by atoms with Gasteiger partial charge in [-0.25, -0.2) is 0 Å². The largest absolute Gasteiger partial charge is 0.493 e. The van der Waals surface area contributed by atoms with Crippen LogP contribution in [-0.4, -0.2) is 33.2 Å². The molecule has 8 heteroatoms. The minimum Gasteiger partial charge on any atom is -0.493 e. The van der Waals surface area contributed by atoms with Crippen LogP contribution in [0, 0.1) is 0 Å². The molecule has 1 unspecified atom stereocenters. The van der Waals surface area contributed by atoms with Crippen LogP contribution in [0.15, 0.2) is 35.7 Å². The molecule has 1 aromatic carbocycles. The molecule has 136 valence electrons. The molecule has 0 aliphatic rings. The average Bonchev–Trinajstić information content (AvgIpc) is 3.06. The SMILES string of the molecule is COc1cc(CNC(=O)C[NH+](C)Cc2cccs2)ccc1OC(F)F. The highest BCUT2D eigenvalue weighted by Gasteiger charge is 2.13. The van der Waals surface area contributed by atoms with E-state index < -0.39 is 6.61 Å². The van der Waals surface area contributed by atoms with Gasteiger partial charge in [-0.1, -0.05) is 12.1 Å². The van der Waals surface area contributed by atoms with Crippen molar-refractivity contribution < 1.29 is 27.9 Å². The van der Waals surface area contributed by atoms with Crippen molar-refractivity contribution in [2.24, 2.45) is 0 Å². The number of nitrogens with one attached hydrogen (secondary N) is 2. The number of carbonyl (C=O) groups excluding carboxylic acids is 1. The second-order valence-corrected chi connectivity index (χ2v) is 6.56. The number of carbonyl (C=O) groups is 1. The van der Waals surface area contributed by atoms with Gasteiger partial charge in [0.2, 0.25) is 0 Å². The molecule has 2 rings (SSSR count). The van der Waals surface area contributed by atoms with Crippen LogP contribution in [0.4, 0.5) is 8.78 Å². The maximum absolute atomic E-state index is 12.3. The van der Waals surface area contributed by atoms with Crippen molar-refractivity contribution in [3.8, 4) is 11.5 Å². The first-order valence-corrected chi connectivity index (χ1v) is 8.58. The molecular weight excluding hydrogens is 350 g/mol. The molecule has 1 amide bonds. The first kappa shape index (κ1) is 19.1. The molecule has 5 nitrogen and oxygen atoms in total. The molecule has 0 radical (unpaired) electrons. The summed E-state index contributed by atoms with van der Waals surface area (Å²) in [4.78, 5) is 14.3.